The third-order valence-corrected chi connectivity index (χ3v) is 4.33. The summed E-state index contributed by atoms with van der Waals surface area (Å²) in [5, 5.41) is 0.884. The largest absolute Gasteiger partial charge is 0.449 e. The molecule has 3 rings (SSSR count). The summed E-state index contributed by atoms with van der Waals surface area (Å²) in [5.74, 6) is -0.548. The highest BCUT2D eigenvalue weighted by atomic mass is 16.6. The van der Waals surface area contributed by atoms with Crippen LogP contribution >= 0.6 is 0 Å². The molecule has 5 heteroatoms. The molecule has 0 bridgehead atoms. The van der Waals surface area contributed by atoms with E-state index in [0.29, 0.717) is 5.58 Å². The van der Waals surface area contributed by atoms with Gasteiger partial charge < -0.3 is 14.1 Å². The smallest absolute Gasteiger partial charge is 0.375 e. The lowest BCUT2D eigenvalue weighted by atomic mass is 10.1. The maximum Gasteiger partial charge on any atom is 0.375 e. The predicted molar refractivity (Wildman–Crippen MR) is 86.3 cm³/mol. The summed E-state index contributed by atoms with van der Waals surface area (Å²) in [4.78, 5) is 26.5. The Morgan fingerprint density at radius 1 is 1.17 bits per heavy atom. The number of carbonyl (C=O) groups excluding carboxylic acids is 2. The number of likely N-dealkylation sites (tertiary alicyclic amines) is 1. The Balaban J connectivity index is 1.72. The van der Waals surface area contributed by atoms with Gasteiger partial charge in [0.05, 0.1) is 0 Å². The van der Waals surface area contributed by atoms with E-state index in [1.807, 2.05) is 25.1 Å². The number of fused-ring (bicyclic) bond motifs is 1. The number of amides is 1. The number of aryl methyl sites for hydroxylation is 1. The van der Waals surface area contributed by atoms with Gasteiger partial charge in [0.25, 0.3) is 5.91 Å². The minimum atomic E-state index is -0.798. The molecule has 0 radical (unpaired) electrons. The van der Waals surface area contributed by atoms with Crippen LogP contribution in [0.3, 0.4) is 0 Å². The number of benzene rings is 1. The molecule has 0 aliphatic carbocycles. The highest BCUT2D eigenvalue weighted by Gasteiger charge is 2.27. The van der Waals surface area contributed by atoms with Gasteiger partial charge in [-0.15, -0.1) is 0 Å². The topological polar surface area (TPSA) is 59.8 Å². The minimum Gasteiger partial charge on any atom is -0.449 e. The average Bonchev–Trinajstić information content (AvgIpc) is 2.92. The van der Waals surface area contributed by atoms with Gasteiger partial charge >= 0.3 is 5.97 Å². The van der Waals surface area contributed by atoms with E-state index >= 15 is 0 Å². The molecule has 1 saturated heterocycles. The van der Waals surface area contributed by atoms with Crippen LogP contribution in [0.5, 0.6) is 0 Å². The van der Waals surface area contributed by atoms with Crippen LogP contribution in [0.15, 0.2) is 28.7 Å². The van der Waals surface area contributed by atoms with Crippen molar-refractivity contribution in [1.29, 1.82) is 0 Å². The Bertz CT molecular complexity index is 728. The third kappa shape index (κ3) is 3.09. The summed E-state index contributed by atoms with van der Waals surface area (Å²) in [6, 6.07) is 7.44. The lowest BCUT2D eigenvalue weighted by molar-refractivity contribution is -0.140. The van der Waals surface area contributed by atoms with Crippen LogP contribution in [0.4, 0.5) is 0 Å². The number of piperidine rings is 1. The van der Waals surface area contributed by atoms with Gasteiger partial charge in [-0.3, -0.25) is 4.79 Å². The highest BCUT2D eigenvalue weighted by Crippen LogP contribution is 2.25. The van der Waals surface area contributed by atoms with Crippen LogP contribution in [-0.4, -0.2) is 36.0 Å². The van der Waals surface area contributed by atoms with E-state index in [0.717, 1.165) is 43.3 Å². The van der Waals surface area contributed by atoms with Gasteiger partial charge in [0.2, 0.25) is 5.76 Å². The van der Waals surface area contributed by atoms with Crippen molar-refractivity contribution in [3.8, 4) is 0 Å². The number of hydrogen-bond donors (Lipinski definition) is 0. The lowest BCUT2D eigenvalue weighted by Gasteiger charge is -2.28. The van der Waals surface area contributed by atoms with Gasteiger partial charge in [-0.25, -0.2) is 4.79 Å². The second-order valence-electron chi connectivity index (χ2n) is 5.99. The normalized spacial score (nSPS) is 16.3. The second kappa shape index (κ2) is 6.44. The molecule has 0 saturated carbocycles. The van der Waals surface area contributed by atoms with Crippen molar-refractivity contribution >= 4 is 22.8 Å². The van der Waals surface area contributed by atoms with Gasteiger partial charge in [-0.1, -0.05) is 18.2 Å². The molecular weight excluding hydrogens is 294 g/mol. The molecule has 1 atom stereocenters. The van der Waals surface area contributed by atoms with Crippen molar-refractivity contribution in [1.82, 2.24) is 4.90 Å². The molecule has 1 fully saturated rings. The van der Waals surface area contributed by atoms with Gasteiger partial charge in [-0.05, 0) is 39.2 Å². The molecule has 0 spiro atoms. The Hall–Kier alpha value is -2.30. The average molecular weight is 315 g/mol. The first-order valence-corrected chi connectivity index (χ1v) is 8.06. The Morgan fingerprint density at radius 2 is 1.87 bits per heavy atom. The Morgan fingerprint density at radius 3 is 2.57 bits per heavy atom. The summed E-state index contributed by atoms with van der Waals surface area (Å²) in [6.07, 6.45) is 2.37. The Labute approximate surface area is 135 Å². The highest BCUT2D eigenvalue weighted by molar-refractivity contribution is 5.97. The van der Waals surface area contributed by atoms with E-state index in [-0.39, 0.29) is 11.7 Å². The van der Waals surface area contributed by atoms with Gasteiger partial charge in [0, 0.05) is 24.0 Å². The Kier molecular flexibility index (Phi) is 4.37. The van der Waals surface area contributed by atoms with E-state index in [1.54, 1.807) is 17.9 Å². The number of carbonyl (C=O) groups is 2. The van der Waals surface area contributed by atoms with Crippen molar-refractivity contribution < 1.29 is 18.7 Å². The molecule has 1 amide bonds. The number of para-hydroxylation sites is 1. The van der Waals surface area contributed by atoms with E-state index in [1.165, 1.54) is 0 Å². The number of esters is 1. The molecule has 0 N–H and O–H groups in total. The fraction of sp³-hybridized carbons (Fsp3) is 0.444. The molecule has 1 aliphatic heterocycles. The predicted octanol–water partition coefficient (Wildman–Crippen LogP) is 3.30. The van der Waals surface area contributed by atoms with Crippen molar-refractivity contribution in [2.24, 2.45) is 0 Å². The first-order valence-electron chi connectivity index (χ1n) is 8.06. The van der Waals surface area contributed by atoms with Crippen LogP contribution < -0.4 is 0 Å². The van der Waals surface area contributed by atoms with Crippen molar-refractivity contribution in [2.75, 3.05) is 13.1 Å². The van der Waals surface area contributed by atoms with Crippen molar-refractivity contribution in [3.63, 3.8) is 0 Å². The zero-order valence-electron chi connectivity index (χ0n) is 13.5. The lowest BCUT2D eigenvalue weighted by Crippen LogP contribution is -2.42. The number of ether oxygens (including phenoxy) is 1. The minimum absolute atomic E-state index is 0.133. The fourth-order valence-corrected chi connectivity index (χ4v) is 3.00. The van der Waals surface area contributed by atoms with Crippen LogP contribution in [0.2, 0.25) is 0 Å². The van der Waals surface area contributed by atoms with Crippen LogP contribution in [-0.2, 0) is 9.53 Å². The number of furan rings is 1. The summed E-state index contributed by atoms with van der Waals surface area (Å²) in [5.41, 5.74) is 1.38. The molecule has 1 aromatic carbocycles. The second-order valence-corrected chi connectivity index (χ2v) is 5.99. The first-order chi connectivity index (χ1) is 11.1. The summed E-state index contributed by atoms with van der Waals surface area (Å²) in [6.45, 7) is 4.92. The maximum absolute atomic E-state index is 12.3. The number of rotatable bonds is 3. The zero-order chi connectivity index (χ0) is 16.4. The molecule has 5 nitrogen and oxygen atoms in total. The molecule has 0 unspecified atom stereocenters. The van der Waals surface area contributed by atoms with Crippen molar-refractivity contribution in [3.05, 3.63) is 35.6 Å². The zero-order valence-corrected chi connectivity index (χ0v) is 13.5. The maximum atomic E-state index is 12.3. The SMILES string of the molecule is Cc1c(C(=O)O[C@H](C)C(=O)N2CCCCC2)oc2ccccc12. The third-order valence-electron chi connectivity index (χ3n) is 4.33. The van der Waals surface area contributed by atoms with E-state index < -0.39 is 12.1 Å². The molecule has 2 heterocycles. The molecule has 23 heavy (non-hydrogen) atoms. The summed E-state index contributed by atoms with van der Waals surface area (Å²) < 4.78 is 10.9. The van der Waals surface area contributed by atoms with E-state index in [9.17, 15) is 9.59 Å². The van der Waals surface area contributed by atoms with Crippen LogP contribution in [0.25, 0.3) is 11.0 Å². The quantitative estimate of drug-likeness (QED) is 0.815. The van der Waals surface area contributed by atoms with Gasteiger partial charge in [0.15, 0.2) is 6.10 Å². The molecular formula is C18H21NO4. The fourth-order valence-electron chi connectivity index (χ4n) is 3.00. The molecule has 1 aromatic heterocycles. The van der Waals surface area contributed by atoms with E-state index in [2.05, 4.69) is 0 Å². The van der Waals surface area contributed by atoms with Crippen LogP contribution in [0.1, 0.15) is 42.3 Å². The van der Waals surface area contributed by atoms with Crippen molar-refractivity contribution in [2.45, 2.75) is 39.2 Å². The summed E-state index contributed by atoms with van der Waals surface area (Å²) in [7, 11) is 0. The van der Waals surface area contributed by atoms with Crippen LogP contribution in [0, 0.1) is 6.92 Å². The summed E-state index contributed by atoms with van der Waals surface area (Å²) >= 11 is 0. The van der Waals surface area contributed by atoms with E-state index in [4.69, 9.17) is 9.15 Å². The first kappa shape index (κ1) is 15.6. The standard InChI is InChI=1S/C18H21NO4/c1-12-14-8-4-5-9-15(14)23-16(12)18(21)22-13(2)17(20)19-10-6-3-7-11-19/h4-5,8-9,13H,3,6-7,10-11H2,1-2H3/t13-/m1/s1. The monoisotopic (exact) mass is 315 g/mol. The van der Waals surface area contributed by atoms with Gasteiger partial charge in [0.1, 0.15) is 5.58 Å². The molecule has 1 aliphatic rings. The number of hydrogen-bond acceptors (Lipinski definition) is 4. The number of nitrogens with zero attached hydrogens (tertiary/aromatic N) is 1. The molecule has 122 valence electrons. The van der Waals surface area contributed by atoms with Gasteiger partial charge in [-0.2, -0.15) is 0 Å². The molecule has 2 aromatic rings.